The molecule has 0 aromatic heterocycles. The maximum atomic E-state index is 14.7. The van der Waals surface area contributed by atoms with Crippen molar-refractivity contribution in [2.45, 2.75) is 97.6 Å². The number of para-hydroxylation sites is 2. The molecule has 1 heterocycles. The molecular formula is C33H48N3O7P. The van der Waals surface area contributed by atoms with Crippen molar-refractivity contribution in [2.24, 2.45) is 11.8 Å². The molecule has 0 spiro atoms. The van der Waals surface area contributed by atoms with Crippen LogP contribution >= 0.6 is 7.60 Å². The van der Waals surface area contributed by atoms with Gasteiger partial charge in [0.1, 0.15) is 29.2 Å². The lowest BCUT2D eigenvalue weighted by Gasteiger charge is -2.34. The van der Waals surface area contributed by atoms with Crippen LogP contribution in [-0.2, 0) is 18.9 Å². The number of alkyl carbamates (subject to hydrolysis) is 1. The molecule has 2 aromatic rings. The standard InChI is InChI=1S/C33H48N3O7P/c1-8-23(3)28(34-32(39)41-33(5,6)7)31(38)36-22-16-21-27(36)29(37)35-30(24(4)9-2)44(40,42-25-17-12-10-13-18-25)43-26-19-14-11-15-20-26/h10-15,17-20,23-24,27-28,30H,8-9,16,21-22H2,1-7H3,(H,34,39)(H,35,37)/t23-,24?,27-,28-,30?/m0/s1. The molecule has 2 unspecified atom stereocenters. The van der Waals surface area contributed by atoms with E-state index >= 15 is 0 Å². The van der Waals surface area contributed by atoms with Crippen LogP contribution in [0.4, 0.5) is 4.79 Å². The van der Waals surface area contributed by atoms with Crippen molar-refractivity contribution >= 4 is 25.5 Å². The lowest BCUT2D eigenvalue weighted by Crippen LogP contribution is -2.57. The van der Waals surface area contributed by atoms with Gasteiger partial charge in [-0.1, -0.05) is 76.9 Å². The van der Waals surface area contributed by atoms with Gasteiger partial charge in [0.15, 0.2) is 5.78 Å². The first-order valence-corrected chi connectivity index (χ1v) is 17.1. The average Bonchev–Trinajstić information content (AvgIpc) is 3.48. The highest BCUT2D eigenvalue weighted by molar-refractivity contribution is 7.55. The van der Waals surface area contributed by atoms with Gasteiger partial charge in [-0.2, -0.15) is 0 Å². The molecule has 11 heteroatoms. The zero-order chi connectivity index (χ0) is 32.5. The van der Waals surface area contributed by atoms with E-state index in [1.165, 1.54) is 4.90 Å². The Labute approximate surface area is 261 Å². The fourth-order valence-electron chi connectivity index (χ4n) is 4.99. The molecule has 44 heavy (non-hydrogen) atoms. The van der Waals surface area contributed by atoms with Gasteiger partial charge in [0.25, 0.3) is 0 Å². The van der Waals surface area contributed by atoms with Gasteiger partial charge in [0, 0.05) is 6.54 Å². The molecule has 1 fully saturated rings. The number of nitrogens with one attached hydrogen (secondary N) is 2. The number of hydrogen-bond donors (Lipinski definition) is 2. The van der Waals surface area contributed by atoms with E-state index in [0.29, 0.717) is 43.7 Å². The highest BCUT2D eigenvalue weighted by Crippen LogP contribution is 2.54. The van der Waals surface area contributed by atoms with Gasteiger partial charge >= 0.3 is 13.7 Å². The molecule has 10 nitrogen and oxygen atoms in total. The second-order valence-corrected chi connectivity index (χ2v) is 14.4. The normalized spacial score (nSPS) is 18.0. The summed E-state index contributed by atoms with van der Waals surface area (Å²) >= 11 is 0. The van der Waals surface area contributed by atoms with Gasteiger partial charge in [0.2, 0.25) is 11.8 Å². The van der Waals surface area contributed by atoms with Gasteiger partial charge in [-0.15, -0.1) is 0 Å². The summed E-state index contributed by atoms with van der Waals surface area (Å²) in [5, 5.41) is 5.71. The molecule has 5 atom stereocenters. The summed E-state index contributed by atoms with van der Waals surface area (Å²) in [6, 6.07) is 15.7. The summed E-state index contributed by atoms with van der Waals surface area (Å²) in [5.41, 5.74) is -0.730. The highest BCUT2D eigenvalue weighted by atomic mass is 31.2. The van der Waals surface area contributed by atoms with Crippen molar-refractivity contribution in [1.29, 1.82) is 0 Å². The quantitative estimate of drug-likeness (QED) is 0.235. The van der Waals surface area contributed by atoms with Gasteiger partial charge in [-0.05, 0) is 69.7 Å². The van der Waals surface area contributed by atoms with Crippen LogP contribution in [0.3, 0.4) is 0 Å². The smallest absolute Gasteiger partial charge is 0.444 e. The fraction of sp³-hybridized carbons (Fsp3) is 0.545. The minimum atomic E-state index is -4.07. The third-order valence-electron chi connectivity index (χ3n) is 7.76. The number of benzene rings is 2. The summed E-state index contributed by atoms with van der Waals surface area (Å²) in [6.45, 7) is 13.2. The van der Waals surface area contributed by atoms with Gasteiger partial charge in [0.05, 0.1) is 0 Å². The van der Waals surface area contributed by atoms with Crippen LogP contribution in [0.2, 0.25) is 0 Å². The van der Waals surface area contributed by atoms with Gasteiger partial charge in [-0.3, -0.25) is 9.59 Å². The molecule has 242 valence electrons. The number of carbonyl (C=O) groups is 3. The van der Waals surface area contributed by atoms with E-state index in [1.54, 1.807) is 69.3 Å². The Balaban J connectivity index is 1.89. The molecule has 0 bridgehead atoms. The molecule has 3 rings (SSSR count). The third kappa shape index (κ3) is 9.49. The number of likely N-dealkylation sites (tertiary alicyclic amines) is 1. The van der Waals surface area contributed by atoms with E-state index in [-0.39, 0.29) is 17.7 Å². The maximum absolute atomic E-state index is 14.7. The Bertz CT molecular complexity index is 1240. The van der Waals surface area contributed by atoms with Crippen LogP contribution in [0.15, 0.2) is 60.7 Å². The molecule has 2 N–H and O–H groups in total. The van der Waals surface area contributed by atoms with Crippen LogP contribution in [0.5, 0.6) is 11.5 Å². The Morgan fingerprint density at radius 1 is 0.886 bits per heavy atom. The summed E-state index contributed by atoms with van der Waals surface area (Å²) in [6.07, 6.45) is 1.55. The van der Waals surface area contributed by atoms with Crippen LogP contribution in [0.1, 0.15) is 74.1 Å². The molecule has 1 aliphatic heterocycles. The Hall–Kier alpha value is -3.52. The predicted molar refractivity (Wildman–Crippen MR) is 170 cm³/mol. The minimum Gasteiger partial charge on any atom is -0.444 e. The van der Waals surface area contributed by atoms with Crippen LogP contribution in [0, 0.1) is 11.8 Å². The Morgan fingerprint density at radius 3 is 1.89 bits per heavy atom. The first-order valence-electron chi connectivity index (χ1n) is 15.5. The van der Waals surface area contributed by atoms with Crippen molar-refractivity contribution in [1.82, 2.24) is 15.5 Å². The van der Waals surface area contributed by atoms with E-state index in [4.69, 9.17) is 13.8 Å². The van der Waals surface area contributed by atoms with Crippen molar-refractivity contribution in [2.75, 3.05) is 6.54 Å². The van der Waals surface area contributed by atoms with Crippen LogP contribution in [0.25, 0.3) is 0 Å². The summed E-state index contributed by atoms with van der Waals surface area (Å²) in [7, 11) is -4.07. The number of carbonyl (C=O) groups excluding carboxylic acids is 3. The summed E-state index contributed by atoms with van der Waals surface area (Å²) in [4.78, 5) is 42.0. The average molecular weight is 630 g/mol. The van der Waals surface area contributed by atoms with E-state index in [1.807, 2.05) is 39.8 Å². The van der Waals surface area contributed by atoms with Crippen molar-refractivity contribution < 1.29 is 32.7 Å². The first-order chi connectivity index (χ1) is 20.8. The fourth-order valence-corrected chi connectivity index (χ4v) is 7.20. The lowest BCUT2D eigenvalue weighted by atomic mass is 9.97. The van der Waals surface area contributed by atoms with Crippen LogP contribution < -0.4 is 19.7 Å². The summed E-state index contributed by atoms with van der Waals surface area (Å²) in [5.74, 6) is -1.63. The number of ether oxygens (including phenoxy) is 1. The molecule has 1 aliphatic rings. The molecule has 3 amide bonds. The van der Waals surface area contributed by atoms with E-state index in [0.717, 1.165) is 0 Å². The van der Waals surface area contributed by atoms with E-state index in [2.05, 4.69) is 10.6 Å². The topological polar surface area (TPSA) is 123 Å². The zero-order valence-electron chi connectivity index (χ0n) is 26.9. The van der Waals surface area contributed by atoms with Crippen molar-refractivity contribution in [3.05, 3.63) is 60.7 Å². The second kappa shape index (κ2) is 15.5. The number of hydrogen-bond acceptors (Lipinski definition) is 7. The zero-order valence-corrected chi connectivity index (χ0v) is 27.8. The highest BCUT2D eigenvalue weighted by Gasteiger charge is 2.46. The van der Waals surface area contributed by atoms with Gasteiger partial charge < -0.3 is 29.3 Å². The minimum absolute atomic E-state index is 0.203. The predicted octanol–water partition coefficient (Wildman–Crippen LogP) is 6.76. The maximum Gasteiger partial charge on any atom is 0.453 e. The lowest BCUT2D eigenvalue weighted by molar-refractivity contribution is -0.141. The molecular weight excluding hydrogens is 581 g/mol. The molecule has 2 aromatic carbocycles. The molecule has 1 saturated heterocycles. The van der Waals surface area contributed by atoms with Crippen molar-refractivity contribution in [3.8, 4) is 11.5 Å². The van der Waals surface area contributed by atoms with Crippen molar-refractivity contribution in [3.63, 3.8) is 0 Å². The third-order valence-corrected chi connectivity index (χ3v) is 10.0. The molecule has 0 radical (unpaired) electrons. The summed E-state index contributed by atoms with van der Waals surface area (Å²) < 4.78 is 32.3. The Kier molecular flexibility index (Phi) is 12.3. The van der Waals surface area contributed by atoms with E-state index in [9.17, 15) is 18.9 Å². The number of amides is 3. The molecule has 0 saturated carbocycles. The van der Waals surface area contributed by atoms with Crippen LogP contribution in [-0.4, -0.2) is 52.8 Å². The van der Waals surface area contributed by atoms with E-state index < -0.39 is 43.1 Å². The Morgan fingerprint density at radius 2 is 1.41 bits per heavy atom. The van der Waals surface area contributed by atoms with Gasteiger partial charge in [-0.25, -0.2) is 9.36 Å². The monoisotopic (exact) mass is 629 g/mol. The second-order valence-electron chi connectivity index (χ2n) is 12.4. The largest absolute Gasteiger partial charge is 0.453 e. The first kappa shape index (κ1) is 35.0. The number of rotatable bonds is 13. The molecule has 0 aliphatic carbocycles. The number of nitrogens with zero attached hydrogens (tertiary/aromatic N) is 1. The SMILES string of the molecule is CCC(C)C(NC(=O)[C@@H]1CCCN1C(=O)[C@@H](NC(=O)OC(C)(C)C)[C@@H](C)CC)P(=O)(Oc1ccccc1)Oc1ccccc1.